The van der Waals surface area contributed by atoms with Crippen molar-refractivity contribution in [1.82, 2.24) is 0 Å². The van der Waals surface area contributed by atoms with E-state index in [4.69, 9.17) is 16.9 Å². The molecular weight excluding hydrogens is 260 g/mol. The molecule has 2 atom stereocenters. The van der Waals surface area contributed by atoms with Crippen LogP contribution in [0.5, 0.6) is 0 Å². The van der Waals surface area contributed by atoms with Crippen LogP contribution in [-0.2, 0) is 0 Å². The lowest BCUT2D eigenvalue weighted by molar-refractivity contribution is 0.149. The minimum absolute atomic E-state index is 0.120. The topological polar surface area (TPSA) is 56.0 Å². The molecule has 0 aliphatic heterocycles. The van der Waals surface area contributed by atoms with Gasteiger partial charge in [-0.1, -0.05) is 31.4 Å². The van der Waals surface area contributed by atoms with E-state index < -0.39 is 0 Å². The molecule has 0 spiro atoms. The second-order valence-electron chi connectivity index (χ2n) is 5.57. The number of halogens is 1. The van der Waals surface area contributed by atoms with Crippen molar-refractivity contribution in [3.05, 3.63) is 28.8 Å². The van der Waals surface area contributed by atoms with Crippen LogP contribution in [0.2, 0.25) is 5.02 Å². The van der Waals surface area contributed by atoms with Gasteiger partial charge in [0.15, 0.2) is 0 Å². The molecule has 2 unspecified atom stereocenters. The fourth-order valence-electron chi connectivity index (χ4n) is 2.95. The van der Waals surface area contributed by atoms with Gasteiger partial charge in [0, 0.05) is 5.69 Å². The van der Waals surface area contributed by atoms with Crippen molar-refractivity contribution < 1.29 is 5.11 Å². The zero-order valence-corrected chi connectivity index (χ0v) is 11.9. The minimum atomic E-state index is -0.255. The first kappa shape index (κ1) is 14.2. The van der Waals surface area contributed by atoms with Gasteiger partial charge in [-0.15, -0.1) is 0 Å². The van der Waals surface area contributed by atoms with Gasteiger partial charge in [-0.3, -0.25) is 0 Å². The predicted molar refractivity (Wildman–Crippen MR) is 77.2 cm³/mol. The minimum Gasteiger partial charge on any atom is -0.394 e. The molecule has 19 heavy (non-hydrogen) atoms. The van der Waals surface area contributed by atoms with Crippen LogP contribution in [0.25, 0.3) is 0 Å². The monoisotopic (exact) mass is 278 g/mol. The molecule has 0 amide bonds. The summed E-state index contributed by atoms with van der Waals surface area (Å²) in [6.07, 6.45) is 4.27. The number of nitrogens with one attached hydrogen (secondary N) is 1. The number of anilines is 1. The second kappa shape index (κ2) is 5.81. The van der Waals surface area contributed by atoms with Gasteiger partial charge in [0.05, 0.1) is 22.7 Å². The standard InChI is InChI=1S/C15H19ClN2O/c1-11-3-2-6-15(8-11,10-19)18-13-5-4-12(9-17)14(16)7-13/h4-5,7,11,18-19H,2-3,6,8,10H2,1H3. The van der Waals surface area contributed by atoms with Crippen LogP contribution in [0.4, 0.5) is 5.69 Å². The summed E-state index contributed by atoms with van der Waals surface area (Å²) in [4.78, 5) is 0. The predicted octanol–water partition coefficient (Wildman–Crippen LogP) is 3.56. The van der Waals surface area contributed by atoms with E-state index in [1.165, 1.54) is 6.42 Å². The lowest BCUT2D eigenvalue weighted by atomic mass is 9.76. The van der Waals surface area contributed by atoms with Gasteiger partial charge in [0.2, 0.25) is 0 Å². The molecule has 1 aromatic carbocycles. The van der Waals surface area contributed by atoms with Gasteiger partial charge >= 0.3 is 0 Å². The van der Waals surface area contributed by atoms with Crippen molar-refractivity contribution in [2.45, 2.75) is 38.1 Å². The maximum absolute atomic E-state index is 9.74. The SMILES string of the molecule is CC1CCCC(CO)(Nc2ccc(C#N)c(Cl)c2)C1. The van der Waals surface area contributed by atoms with Crippen molar-refractivity contribution in [3.8, 4) is 6.07 Å². The average molecular weight is 279 g/mol. The summed E-state index contributed by atoms with van der Waals surface area (Å²) in [5, 5.41) is 22.5. The molecule has 102 valence electrons. The van der Waals surface area contributed by atoms with Crippen LogP contribution in [0.1, 0.15) is 38.2 Å². The van der Waals surface area contributed by atoms with Crippen LogP contribution in [-0.4, -0.2) is 17.3 Å². The molecule has 0 saturated heterocycles. The summed E-state index contributed by atoms with van der Waals surface area (Å²) in [7, 11) is 0. The molecule has 1 saturated carbocycles. The highest BCUT2D eigenvalue weighted by Gasteiger charge is 2.34. The molecule has 1 fully saturated rings. The van der Waals surface area contributed by atoms with Crippen molar-refractivity contribution >= 4 is 17.3 Å². The number of nitrogens with zero attached hydrogens (tertiary/aromatic N) is 1. The number of nitriles is 1. The van der Waals surface area contributed by atoms with Gasteiger partial charge < -0.3 is 10.4 Å². The Morgan fingerprint density at radius 1 is 1.58 bits per heavy atom. The van der Waals surface area contributed by atoms with Crippen molar-refractivity contribution in [2.24, 2.45) is 5.92 Å². The van der Waals surface area contributed by atoms with Crippen LogP contribution in [0.3, 0.4) is 0 Å². The Morgan fingerprint density at radius 2 is 2.37 bits per heavy atom. The molecule has 1 aliphatic rings. The van der Waals surface area contributed by atoms with Gasteiger partial charge in [-0.25, -0.2) is 0 Å². The molecule has 2 N–H and O–H groups in total. The lowest BCUT2D eigenvalue weighted by Gasteiger charge is -2.40. The summed E-state index contributed by atoms with van der Waals surface area (Å²) in [5.41, 5.74) is 1.09. The zero-order chi connectivity index (χ0) is 13.9. The van der Waals surface area contributed by atoms with Gasteiger partial charge in [-0.05, 0) is 37.0 Å². The third-order valence-electron chi connectivity index (χ3n) is 3.89. The van der Waals surface area contributed by atoms with Crippen molar-refractivity contribution in [2.75, 3.05) is 11.9 Å². The first-order valence-electron chi connectivity index (χ1n) is 6.67. The van der Waals surface area contributed by atoms with Gasteiger partial charge in [0.25, 0.3) is 0 Å². The number of benzene rings is 1. The lowest BCUT2D eigenvalue weighted by Crippen LogP contribution is -2.45. The number of hydrogen-bond donors (Lipinski definition) is 2. The van der Waals surface area contributed by atoms with Crippen molar-refractivity contribution in [3.63, 3.8) is 0 Å². The molecular formula is C15H19ClN2O. The molecule has 0 aromatic heterocycles. The Bertz CT molecular complexity index is 497. The van der Waals surface area contributed by atoms with E-state index in [0.717, 1.165) is 24.9 Å². The fraction of sp³-hybridized carbons (Fsp3) is 0.533. The summed E-state index contributed by atoms with van der Waals surface area (Å²) in [6, 6.07) is 7.37. The zero-order valence-electron chi connectivity index (χ0n) is 11.1. The van der Waals surface area contributed by atoms with Crippen LogP contribution in [0, 0.1) is 17.2 Å². The van der Waals surface area contributed by atoms with E-state index in [1.807, 2.05) is 12.1 Å². The van der Waals surface area contributed by atoms with E-state index in [1.54, 1.807) is 12.1 Å². The van der Waals surface area contributed by atoms with E-state index in [2.05, 4.69) is 12.2 Å². The molecule has 0 bridgehead atoms. The fourth-order valence-corrected chi connectivity index (χ4v) is 3.17. The maximum atomic E-state index is 9.74. The molecule has 4 heteroatoms. The van der Waals surface area contributed by atoms with E-state index >= 15 is 0 Å². The van der Waals surface area contributed by atoms with Crippen LogP contribution >= 0.6 is 11.6 Å². The molecule has 1 aliphatic carbocycles. The highest BCUT2D eigenvalue weighted by atomic mass is 35.5. The normalized spacial score (nSPS) is 26.7. The highest BCUT2D eigenvalue weighted by molar-refractivity contribution is 6.32. The highest BCUT2D eigenvalue weighted by Crippen LogP contribution is 2.35. The number of hydrogen-bond acceptors (Lipinski definition) is 3. The Balaban J connectivity index is 2.19. The Kier molecular flexibility index (Phi) is 4.34. The number of aliphatic hydroxyl groups is 1. The first-order chi connectivity index (χ1) is 9.08. The largest absolute Gasteiger partial charge is 0.394 e. The van der Waals surface area contributed by atoms with Crippen molar-refractivity contribution in [1.29, 1.82) is 5.26 Å². The van der Waals surface area contributed by atoms with Gasteiger partial charge in [-0.2, -0.15) is 5.26 Å². The van der Waals surface area contributed by atoms with Crippen LogP contribution in [0.15, 0.2) is 18.2 Å². The average Bonchev–Trinajstić information content (AvgIpc) is 2.39. The maximum Gasteiger partial charge on any atom is 0.101 e. The summed E-state index contributed by atoms with van der Waals surface area (Å²) in [5.74, 6) is 0.613. The second-order valence-corrected chi connectivity index (χ2v) is 5.98. The van der Waals surface area contributed by atoms with Crippen LogP contribution < -0.4 is 5.32 Å². The quantitative estimate of drug-likeness (QED) is 0.889. The van der Waals surface area contributed by atoms with E-state index in [0.29, 0.717) is 16.5 Å². The van der Waals surface area contributed by atoms with E-state index in [9.17, 15) is 5.11 Å². The number of rotatable bonds is 3. The number of aliphatic hydroxyl groups excluding tert-OH is 1. The Morgan fingerprint density at radius 3 is 2.95 bits per heavy atom. The molecule has 0 radical (unpaired) electrons. The summed E-state index contributed by atoms with van der Waals surface area (Å²) in [6.45, 7) is 2.34. The molecule has 3 nitrogen and oxygen atoms in total. The molecule has 1 aromatic rings. The van der Waals surface area contributed by atoms with Gasteiger partial charge in [0.1, 0.15) is 6.07 Å². The third-order valence-corrected chi connectivity index (χ3v) is 4.21. The Labute approximate surface area is 119 Å². The summed E-state index contributed by atoms with van der Waals surface area (Å²) < 4.78 is 0. The molecule has 2 rings (SSSR count). The van der Waals surface area contributed by atoms with E-state index in [-0.39, 0.29) is 12.1 Å². The third kappa shape index (κ3) is 3.20. The molecule has 0 heterocycles. The summed E-state index contributed by atoms with van der Waals surface area (Å²) >= 11 is 6.04. The first-order valence-corrected chi connectivity index (χ1v) is 7.05. The Hall–Kier alpha value is -1.24. The smallest absolute Gasteiger partial charge is 0.101 e.